The normalized spacial score (nSPS) is 13.5. The van der Waals surface area contributed by atoms with Crippen molar-refractivity contribution in [2.45, 2.75) is 38.0 Å². The minimum atomic E-state index is -0.0612. The van der Waals surface area contributed by atoms with Crippen LogP contribution in [0, 0.1) is 0 Å². The van der Waals surface area contributed by atoms with Crippen LogP contribution in [0.2, 0.25) is 0 Å². The molecule has 162 valence electrons. The number of nitrogens with one attached hydrogen (secondary N) is 2. The highest BCUT2D eigenvalue weighted by atomic mass is 32.2. The van der Waals surface area contributed by atoms with Crippen LogP contribution in [-0.2, 0) is 17.9 Å². The fraction of sp³-hybridized carbons (Fsp3) is 0.348. The Hall–Kier alpha value is -3.00. The van der Waals surface area contributed by atoms with Crippen LogP contribution < -0.4 is 10.6 Å². The largest absolute Gasteiger partial charge is 0.351 e. The summed E-state index contributed by atoms with van der Waals surface area (Å²) in [5, 5.41) is 6.75. The highest BCUT2D eigenvalue weighted by Gasteiger charge is 2.17. The van der Waals surface area contributed by atoms with Crippen LogP contribution >= 0.6 is 11.8 Å². The van der Waals surface area contributed by atoms with Gasteiger partial charge in [-0.3, -0.25) is 4.79 Å². The van der Waals surface area contributed by atoms with Crippen LogP contribution in [0.15, 0.2) is 53.7 Å². The van der Waals surface area contributed by atoms with Crippen LogP contribution in [0.3, 0.4) is 0 Å². The summed E-state index contributed by atoms with van der Waals surface area (Å²) < 4.78 is 2.12. The van der Waals surface area contributed by atoms with Crippen LogP contribution in [0.25, 0.3) is 11.0 Å². The first kappa shape index (κ1) is 21.2. The Morgan fingerprint density at radius 3 is 2.71 bits per heavy atom. The minimum absolute atomic E-state index is 0.0498. The molecule has 0 unspecified atom stereocenters. The van der Waals surface area contributed by atoms with Gasteiger partial charge in [-0.2, -0.15) is 0 Å². The number of rotatable bonds is 7. The maximum absolute atomic E-state index is 12.4. The number of nitrogens with zero attached hydrogens (tertiary/aromatic N) is 3. The number of aryl methyl sites for hydroxylation is 1. The number of imidazole rings is 1. The molecule has 0 radical (unpaired) electrons. The number of thioether (sulfide) groups is 1. The molecule has 1 aliphatic rings. The summed E-state index contributed by atoms with van der Waals surface area (Å²) in [6, 6.07) is 15.5. The quantitative estimate of drug-likeness (QED) is 0.546. The topological polar surface area (TPSA) is 79.3 Å². The molecule has 1 fully saturated rings. The van der Waals surface area contributed by atoms with E-state index in [1.54, 1.807) is 0 Å². The number of carbonyl (C=O) groups excluding carboxylic acids is 2. The predicted molar refractivity (Wildman–Crippen MR) is 124 cm³/mol. The average Bonchev–Trinajstić information content (AvgIpc) is 3.44. The summed E-state index contributed by atoms with van der Waals surface area (Å²) in [4.78, 5) is 31.1. The van der Waals surface area contributed by atoms with Crippen molar-refractivity contribution in [2.24, 2.45) is 0 Å². The van der Waals surface area contributed by atoms with E-state index in [1.165, 1.54) is 11.8 Å². The molecule has 0 atom stereocenters. The number of carbonyl (C=O) groups is 2. The highest BCUT2D eigenvalue weighted by molar-refractivity contribution is 7.99. The number of amides is 3. The number of para-hydroxylation sites is 2. The first-order valence-corrected chi connectivity index (χ1v) is 11.6. The second-order valence-corrected chi connectivity index (χ2v) is 8.46. The standard InChI is InChI=1S/C23H27N5O2S/c1-2-28-20-11-4-3-10-19(20)26-23(28)31-16-21(29)24-15-17-8-7-9-18(14-17)25-22(30)27-12-5-6-13-27/h3-4,7-11,14H,2,5-6,12-13,15-16H2,1H3,(H,24,29)(H,25,30). The number of likely N-dealkylation sites (tertiary alicyclic amines) is 1. The Kier molecular flexibility index (Phi) is 6.76. The van der Waals surface area contributed by atoms with Crippen molar-refractivity contribution < 1.29 is 9.59 Å². The van der Waals surface area contributed by atoms with Gasteiger partial charge in [-0.15, -0.1) is 0 Å². The molecule has 31 heavy (non-hydrogen) atoms. The second-order valence-electron chi connectivity index (χ2n) is 7.52. The Labute approximate surface area is 186 Å². The number of aromatic nitrogens is 2. The van der Waals surface area contributed by atoms with Crippen molar-refractivity contribution in [1.82, 2.24) is 19.8 Å². The molecule has 7 nitrogen and oxygen atoms in total. The third kappa shape index (κ3) is 5.19. The maximum Gasteiger partial charge on any atom is 0.321 e. The van der Waals surface area contributed by atoms with Gasteiger partial charge in [0, 0.05) is 31.9 Å². The van der Waals surface area contributed by atoms with Crippen molar-refractivity contribution in [3.63, 3.8) is 0 Å². The Morgan fingerprint density at radius 2 is 1.90 bits per heavy atom. The summed E-state index contributed by atoms with van der Waals surface area (Å²) in [5.41, 5.74) is 3.72. The molecule has 2 aromatic carbocycles. The summed E-state index contributed by atoms with van der Waals surface area (Å²) in [7, 11) is 0. The zero-order valence-corrected chi connectivity index (χ0v) is 18.5. The molecule has 1 aliphatic heterocycles. The molecule has 1 saturated heterocycles. The smallest absolute Gasteiger partial charge is 0.321 e. The third-order valence-corrected chi connectivity index (χ3v) is 6.31. The van der Waals surface area contributed by atoms with Crippen molar-refractivity contribution in [2.75, 3.05) is 24.2 Å². The van der Waals surface area contributed by atoms with E-state index in [4.69, 9.17) is 0 Å². The van der Waals surface area contributed by atoms with Crippen LogP contribution in [0.5, 0.6) is 0 Å². The SMILES string of the molecule is CCn1c(SCC(=O)NCc2cccc(NC(=O)N3CCCC3)c2)nc2ccccc21. The van der Waals surface area contributed by atoms with Gasteiger partial charge >= 0.3 is 6.03 Å². The fourth-order valence-corrected chi connectivity index (χ4v) is 4.64. The molecule has 0 saturated carbocycles. The third-order valence-electron chi connectivity index (χ3n) is 5.33. The second kappa shape index (κ2) is 9.87. The number of urea groups is 1. The van der Waals surface area contributed by atoms with E-state index >= 15 is 0 Å². The molecule has 0 bridgehead atoms. The fourth-order valence-electron chi connectivity index (χ4n) is 3.73. The number of anilines is 1. The number of hydrogen-bond acceptors (Lipinski definition) is 4. The first-order chi connectivity index (χ1) is 15.1. The van der Waals surface area contributed by atoms with Gasteiger partial charge in [0.15, 0.2) is 5.16 Å². The lowest BCUT2D eigenvalue weighted by molar-refractivity contribution is -0.118. The Morgan fingerprint density at radius 1 is 1.10 bits per heavy atom. The van der Waals surface area contributed by atoms with Crippen molar-refractivity contribution in [1.29, 1.82) is 0 Å². The zero-order valence-electron chi connectivity index (χ0n) is 17.6. The van der Waals surface area contributed by atoms with E-state index in [0.29, 0.717) is 12.3 Å². The Balaban J connectivity index is 1.29. The lowest BCUT2D eigenvalue weighted by atomic mass is 10.2. The van der Waals surface area contributed by atoms with Gasteiger partial charge in [0.25, 0.3) is 0 Å². The zero-order chi connectivity index (χ0) is 21.6. The van der Waals surface area contributed by atoms with Gasteiger partial charge in [-0.1, -0.05) is 36.0 Å². The van der Waals surface area contributed by atoms with E-state index in [9.17, 15) is 9.59 Å². The van der Waals surface area contributed by atoms with Crippen molar-refractivity contribution in [3.8, 4) is 0 Å². The van der Waals surface area contributed by atoms with Gasteiger partial charge in [-0.05, 0) is 49.6 Å². The van der Waals surface area contributed by atoms with Crippen LogP contribution in [0.4, 0.5) is 10.5 Å². The molecule has 2 heterocycles. The van der Waals surface area contributed by atoms with Crippen molar-refractivity contribution in [3.05, 3.63) is 54.1 Å². The molecular formula is C23H27N5O2S. The first-order valence-electron chi connectivity index (χ1n) is 10.6. The van der Waals surface area contributed by atoms with Gasteiger partial charge in [0.05, 0.1) is 16.8 Å². The summed E-state index contributed by atoms with van der Waals surface area (Å²) in [6.45, 7) is 4.92. The highest BCUT2D eigenvalue weighted by Crippen LogP contribution is 2.23. The van der Waals surface area contributed by atoms with Gasteiger partial charge in [-0.25, -0.2) is 9.78 Å². The molecule has 2 N–H and O–H groups in total. The van der Waals surface area contributed by atoms with Gasteiger partial charge in [0.2, 0.25) is 5.91 Å². The molecule has 0 spiro atoms. The molecule has 1 aromatic heterocycles. The van der Waals surface area contributed by atoms with Gasteiger partial charge in [0.1, 0.15) is 0 Å². The monoisotopic (exact) mass is 437 g/mol. The van der Waals surface area contributed by atoms with E-state index in [-0.39, 0.29) is 11.9 Å². The minimum Gasteiger partial charge on any atom is -0.351 e. The Bertz CT molecular complexity index is 1070. The molecule has 3 aromatic rings. The molecular weight excluding hydrogens is 410 g/mol. The average molecular weight is 438 g/mol. The summed E-state index contributed by atoms with van der Waals surface area (Å²) in [5.74, 6) is 0.251. The van der Waals surface area contributed by atoms with Gasteiger partial charge < -0.3 is 20.1 Å². The lowest BCUT2D eigenvalue weighted by Crippen LogP contribution is -2.32. The van der Waals surface area contributed by atoms with Crippen LogP contribution in [0.1, 0.15) is 25.3 Å². The molecule has 8 heteroatoms. The van der Waals surface area contributed by atoms with E-state index in [0.717, 1.165) is 59.9 Å². The molecule has 3 amide bonds. The number of fused-ring (bicyclic) bond motifs is 1. The maximum atomic E-state index is 12.4. The summed E-state index contributed by atoms with van der Waals surface area (Å²) >= 11 is 1.44. The summed E-state index contributed by atoms with van der Waals surface area (Å²) in [6.07, 6.45) is 2.12. The number of hydrogen-bond donors (Lipinski definition) is 2. The molecule has 0 aliphatic carbocycles. The lowest BCUT2D eigenvalue weighted by Gasteiger charge is -2.16. The van der Waals surface area contributed by atoms with Crippen molar-refractivity contribution >= 4 is 40.4 Å². The molecule has 4 rings (SSSR count). The number of benzene rings is 2. The van der Waals surface area contributed by atoms with E-state index < -0.39 is 0 Å². The van der Waals surface area contributed by atoms with E-state index in [1.807, 2.05) is 53.4 Å². The van der Waals surface area contributed by atoms with E-state index in [2.05, 4.69) is 27.1 Å². The predicted octanol–water partition coefficient (Wildman–Crippen LogP) is 4.09. The van der Waals surface area contributed by atoms with Crippen LogP contribution in [-0.4, -0.2) is 45.2 Å².